The molecule has 0 bridgehead atoms. The average molecular weight is 405 g/mol. The fraction of sp³-hybridized carbons (Fsp3) is 0.636. The molecule has 0 spiro atoms. The number of hydrogen-bond acceptors (Lipinski definition) is 5. The normalized spacial score (nSPS) is 20.6. The maximum absolute atomic E-state index is 12.8. The molecule has 2 aliphatic rings. The summed E-state index contributed by atoms with van der Waals surface area (Å²) in [6.45, 7) is 2.56. The first-order valence-corrected chi connectivity index (χ1v) is 10.6. The summed E-state index contributed by atoms with van der Waals surface area (Å²) >= 11 is 0. The lowest BCUT2D eigenvalue weighted by molar-refractivity contribution is -0.133. The highest BCUT2D eigenvalue weighted by molar-refractivity contribution is 5.94. The van der Waals surface area contributed by atoms with Gasteiger partial charge in [0.15, 0.2) is 0 Å². The van der Waals surface area contributed by atoms with Crippen molar-refractivity contribution in [1.29, 1.82) is 0 Å². The van der Waals surface area contributed by atoms with Crippen molar-refractivity contribution in [2.45, 2.75) is 50.7 Å². The summed E-state index contributed by atoms with van der Waals surface area (Å²) in [6.07, 6.45) is 4.98. The fourth-order valence-electron chi connectivity index (χ4n) is 4.06. The van der Waals surface area contributed by atoms with E-state index < -0.39 is 0 Å². The van der Waals surface area contributed by atoms with Gasteiger partial charge in [0.05, 0.1) is 25.7 Å². The van der Waals surface area contributed by atoms with E-state index in [0.717, 1.165) is 37.9 Å². The van der Waals surface area contributed by atoms with Gasteiger partial charge < -0.3 is 24.4 Å². The molecule has 2 heterocycles. The van der Waals surface area contributed by atoms with Crippen molar-refractivity contribution in [1.82, 2.24) is 9.80 Å². The number of aliphatic hydroxyl groups excluding tert-OH is 1. The van der Waals surface area contributed by atoms with Gasteiger partial charge in [-0.1, -0.05) is 0 Å². The van der Waals surface area contributed by atoms with Crippen molar-refractivity contribution < 1.29 is 24.2 Å². The largest absolute Gasteiger partial charge is 0.490 e. The Hall–Kier alpha value is -2.12. The van der Waals surface area contributed by atoms with Gasteiger partial charge in [-0.2, -0.15) is 0 Å². The van der Waals surface area contributed by atoms with E-state index in [1.54, 1.807) is 24.1 Å². The van der Waals surface area contributed by atoms with E-state index >= 15 is 0 Å². The zero-order valence-electron chi connectivity index (χ0n) is 17.2. The van der Waals surface area contributed by atoms with Crippen LogP contribution in [0, 0.1) is 0 Å². The third-order valence-electron chi connectivity index (χ3n) is 5.82. The van der Waals surface area contributed by atoms with E-state index in [-0.39, 0.29) is 30.6 Å². The molecule has 1 aromatic rings. The van der Waals surface area contributed by atoms with E-state index in [1.807, 2.05) is 17.0 Å². The molecule has 0 aromatic heterocycles. The fourth-order valence-corrected chi connectivity index (χ4v) is 4.06. The van der Waals surface area contributed by atoms with Gasteiger partial charge in [0.1, 0.15) is 11.9 Å². The highest BCUT2D eigenvalue weighted by atomic mass is 16.5. The Morgan fingerprint density at radius 1 is 1.07 bits per heavy atom. The van der Waals surface area contributed by atoms with Crippen LogP contribution in [0.25, 0.3) is 0 Å². The molecule has 3 rings (SSSR count). The lowest BCUT2D eigenvalue weighted by Crippen LogP contribution is -2.45. The molecule has 0 unspecified atom stereocenters. The van der Waals surface area contributed by atoms with Gasteiger partial charge in [0.25, 0.3) is 5.91 Å². The molecule has 0 saturated carbocycles. The predicted molar refractivity (Wildman–Crippen MR) is 109 cm³/mol. The summed E-state index contributed by atoms with van der Waals surface area (Å²) in [6, 6.07) is 7.18. The summed E-state index contributed by atoms with van der Waals surface area (Å²) in [5.41, 5.74) is 0.622. The number of rotatable bonds is 7. The zero-order valence-corrected chi connectivity index (χ0v) is 17.2. The van der Waals surface area contributed by atoms with Crippen LogP contribution in [-0.2, 0) is 9.53 Å². The molecule has 2 amide bonds. The topological polar surface area (TPSA) is 79.3 Å². The molecule has 0 radical (unpaired) electrons. The number of amides is 2. The highest BCUT2D eigenvalue weighted by Gasteiger charge is 2.27. The van der Waals surface area contributed by atoms with Gasteiger partial charge in [0, 0.05) is 45.1 Å². The monoisotopic (exact) mass is 404 g/mol. The Labute approximate surface area is 172 Å². The molecule has 2 fully saturated rings. The summed E-state index contributed by atoms with van der Waals surface area (Å²) in [5.74, 6) is 0.841. The molecule has 160 valence electrons. The van der Waals surface area contributed by atoms with E-state index in [9.17, 15) is 14.7 Å². The minimum Gasteiger partial charge on any atom is -0.490 e. The van der Waals surface area contributed by atoms with Crippen LogP contribution in [-0.4, -0.2) is 78.8 Å². The number of ether oxygens (including phenoxy) is 2. The summed E-state index contributed by atoms with van der Waals surface area (Å²) in [4.78, 5) is 28.5. The number of aliphatic hydroxyl groups is 1. The van der Waals surface area contributed by atoms with E-state index in [1.165, 1.54) is 0 Å². The minimum atomic E-state index is -0.0797. The van der Waals surface area contributed by atoms with Gasteiger partial charge in [-0.15, -0.1) is 0 Å². The number of hydrogen-bond donors (Lipinski definition) is 1. The van der Waals surface area contributed by atoms with Crippen LogP contribution < -0.4 is 4.74 Å². The Kier molecular flexibility index (Phi) is 7.89. The Morgan fingerprint density at radius 3 is 2.45 bits per heavy atom. The van der Waals surface area contributed by atoms with Crippen molar-refractivity contribution in [2.24, 2.45) is 0 Å². The molecular weight excluding hydrogens is 372 g/mol. The smallest absolute Gasteiger partial charge is 0.254 e. The van der Waals surface area contributed by atoms with Crippen LogP contribution >= 0.6 is 0 Å². The maximum atomic E-state index is 12.8. The molecule has 0 aliphatic carbocycles. The second-order valence-electron chi connectivity index (χ2n) is 7.80. The molecule has 7 nitrogen and oxygen atoms in total. The first-order chi connectivity index (χ1) is 14.1. The molecule has 1 aromatic carbocycles. The number of piperidine rings is 2. The number of nitrogens with zero attached hydrogens (tertiary/aromatic N) is 2. The minimum absolute atomic E-state index is 0.0135. The molecule has 2 saturated heterocycles. The zero-order chi connectivity index (χ0) is 20.6. The lowest BCUT2D eigenvalue weighted by atomic mass is 10.0. The van der Waals surface area contributed by atoms with Crippen molar-refractivity contribution in [3.8, 4) is 5.75 Å². The number of methoxy groups -OCH3 is 1. The summed E-state index contributed by atoms with van der Waals surface area (Å²) in [5, 5.41) is 9.53. The highest BCUT2D eigenvalue weighted by Crippen LogP contribution is 2.23. The van der Waals surface area contributed by atoms with Crippen molar-refractivity contribution in [3.63, 3.8) is 0 Å². The van der Waals surface area contributed by atoms with Crippen LogP contribution in [0.5, 0.6) is 5.75 Å². The summed E-state index contributed by atoms with van der Waals surface area (Å²) < 4.78 is 11.0. The average Bonchev–Trinajstić information content (AvgIpc) is 2.78. The second-order valence-corrected chi connectivity index (χ2v) is 7.80. The van der Waals surface area contributed by atoms with E-state index in [0.29, 0.717) is 38.2 Å². The molecule has 1 N–H and O–H groups in total. The van der Waals surface area contributed by atoms with Crippen LogP contribution in [0.2, 0.25) is 0 Å². The van der Waals surface area contributed by atoms with Crippen LogP contribution in [0.3, 0.4) is 0 Å². The second kappa shape index (κ2) is 10.6. The first kappa shape index (κ1) is 21.6. The molecule has 29 heavy (non-hydrogen) atoms. The first-order valence-electron chi connectivity index (χ1n) is 10.6. The van der Waals surface area contributed by atoms with E-state index in [4.69, 9.17) is 9.47 Å². The molecule has 7 heteroatoms. The third-order valence-corrected chi connectivity index (χ3v) is 5.82. The van der Waals surface area contributed by atoms with Gasteiger partial charge in [-0.05, 0) is 43.5 Å². The van der Waals surface area contributed by atoms with Gasteiger partial charge in [-0.25, -0.2) is 0 Å². The Balaban J connectivity index is 1.50. The quantitative estimate of drug-likeness (QED) is 0.753. The molecular formula is C22H32N2O5. The van der Waals surface area contributed by atoms with Crippen molar-refractivity contribution in [3.05, 3.63) is 29.8 Å². The number of carbonyl (C=O) groups excluding carboxylic acids is 2. The van der Waals surface area contributed by atoms with Crippen molar-refractivity contribution in [2.75, 3.05) is 40.0 Å². The van der Waals surface area contributed by atoms with Crippen molar-refractivity contribution >= 4 is 11.8 Å². The van der Waals surface area contributed by atoms with Crippen LogP contribution in [0.4, 0.5) is 0 Å². The predicted octanol–water partition coefficient (Wildman–Crippen LogP) is 2.08. The lowest BCUT2D eigenvalue weighted by Gasteiger charge is -2.34. The number of carbonyl (C=O) groups is 2. The molecule has 2 aliphatic heterocycles. The third kappa shape index (κ3) is 5.70. The van der Waals surface area contributed by atoms with Crippen LogP contribution in [0.1, 0.15) is 48.9 Å². The molecule has 1 atom stereocenters. The summed E-state index contributed by atoms with van der Waals surface area (Å²) in [7, 11) is 1.60. The van der Waals surface area contributed by atoms with Gasteiger partial charge in [0.2, 0.25) is 5.91 Å². The van der Waals surface area contributed by atoms with E-state index in [2.05, 4.69) is 0 Å². The Morgan fingerprint density at radius 2 is 1.79 bits per heavy atom. The Bertz CT molecular complexity index is 670. The number of benzene rings is 1. The van der Waals surface area contributed by atoms with Crippen LogP contribution in [0.15, 0.2) is 24.3 Å². The standard InChI is InChI=1S/C22H32N2O5/c1-28-15-11-21(26)23-13-9-20(10-14-23)29-19-7-5-17(6-8-19)22(27)24-12-3-2-4-18(24)16-25/h5-8,18,20,25H,2-4,9-16H2,1H3/t18-/m0/s1. The SMILES string of the molecule is COCCC(=O)N1CCC(Oc2ccc(C(=O)N3CCCC[C@H]3CO)cc2)CC1. The van der Waals surface area contributed by atoms with Gasteiger partial charge in [-0.3, -0.25) is 9.59 Å². The number of likely N-dealkylation sites (tertiary alicyclic amines) is 2. The maximum Gasteiger partial charge on any atom is 0.254 e. The van der Waals surface area contributed by atoms with Gasteiger partial charge >= 0.3 is 0 Å².